The number of nitrogens with one attached hydrogen (secondary N) is 1. The Morgan fingerprint density at radius 1 is 1.61 bits per heavy atom. The van der Waals surface area contributed by atoms with Crippen LogP contribution in [0.25, 0.3) is 0 Å². The highest BCUT2D eigenvalue weighted by Gasteiger charge is 2.67. The van der Waals surface area contributed by atoms with Crippen LogP contribution >= 0.6 is 0 Å². The van der Waals surface area contributed by atoms with E-state index in [9.17, 15) is 9.82 Å². The highest BCUT2D eigenvalue weighted by atomic mass is 16.2. The Hall–Kier alpha value is -1.49. The minimum Gasteiger partial charge on any atom is -0.432 e. The lowest BCUT2D eigenvalue weighted by Crippen LogP contribution is -2.38. The van der Waals surface area contributed by atoms with Gasteiger partial charge in [0.2, 0.25) is 5.78 Å². The van der Waals surface area contributed by atoms with Crippen LogP contribution in [0.15, 0.2) is 18.0 Å². The lowest BCUT2D eigenvalue weighted by Gasteiger charge is -2.30. The molecule has 0 radical (unpaired) electrons. The Morgan fingerprint density at radius 2 is 2.39 bits per heavy atom. The van der Waals surface area contributed by atoms with E-state index in [2.05, 4.69) is 11.9 Å². The molecule has 3 aliphatic rings. The van der Waals surface area contributed by atoms with Gasteiger partial charge in [-0.2, -0.15) is 0 Å². The van der Waals surface area contributed by atoms with Crippen LogP contribution in [0.2, 0.25) is 6.82 Å². The fourth-order valence-corrected chi connectivity index (χ4v) is 3.94. The van der Waals surface area contributed by atoms with Crippen molar-refractivity contribution >= 4 is 12.8 Å². The van der Waals surface area contributed by atoms with Gasteiger partial charge in [0.25, 0.3) is 0 Å². The molecule has 0 aromatic carbocycles. The molecule has 1 aromatic heterocycles. The van der Waals surface area contributed by atoms with E-state index < -0.39 is 7.05 Å². The third-order valence-corrected chi connectivity index (χ3v) is 4.78. The minimum atomic E-state index is -0.519. The molecule has 0 bridgehead atoms. The molecular weight excluding hydrogens is 227 g/mol. The van der Waals surface area contributed by atoms with Gasteiger partial charge in [0, 0.05) is 29.9 Å². The number of ketones is 1. The lowest BCUT2D eigenvalue weighted by molar-refractivity contribution is 0.103. The number of nitrogens with zero attached hydrogens (tertiary/aromatic N) is 1. The molecule has 1 spiro atoms. The van der Waals surface area contributed by atoms with Crippen LogP contribution in [0.5, 0.6) is 0 Å². The Labute approximate surface area is 106 Å². The highest BCUT2D eigenvalue weighted by Crippen LogP contribution is 2.67. The number of aromatic nitrogens is 1. The van der Waals surface area contributed by atoms with E-state index in [4.69, 9.17) is 0 Å². The number of rotatable bonds is 1. The Morgan fingerprint density at radius 3 is 3.11 bits per heavy atom. The number of aryl methyl sites for hydroxylation is 1. The zero-order valence-corrected chi connectivity index (χ0v) is 10.5. The van der Waals surface area contributed by atoms with E-state index in [0.717, 1.165) is 24.4 Å². The van der Waals surface area contributed by atoms with Crippen LogP contribution in [0.4, 0.5) is 0 Å². The molecular formula is C13H15BN2O2. The average Bonchev–Trinajstić information content (AvgIpc) is 2.70. The molecule has 2 atom stereocenters. The minimum absolute atomic E-state index is 0.0182. The van der Waals surface area contributed by atoms with Crippen LogP contribution in [0.1, 0.15) is 28.0 Å². The second-order valence-electron chi connectivity index (χ2n) is 5.77. The number of fused-ring (bicyclic) bond motifs is 1. The third-order valence-electron chi connectivity index (χ3n) is 4.78. The van der Waals surface area contributed by atoms with Gasteiger partial charge >= 0.3 is 7.05 Å². The molecule has 1 saturated heterocycles. The smallest absolute Gasteiger partial charge is 0.409 e. The number of hydrogen-bond acceptors (Lipinski definition) is 3. The van der Waals surface area contributed by atoms with Crippen molar-refractivity contribution in [3.05, 3.63) is 34.8 Å². The number of H-pyrrole nitrogens is 1. The summed E-state index contributed by atoms with van der Waals surface area (Å²) in [6, 6.07) is 0. The van der Waals surface area contributed by atoms with Crippen molar-refractivity contribution in [1.29, 1.82) is 0 Å². The van der Waals surface area contributed by atoms with Crippen molar-refractivity contribution in [3.63, 3.8) is 0 Å². The van der Waals surface area contributed by atoms with Crippen LogP contribution in [-0.2, 0) is 5.41 Å². The standard InChI is InChI=1S/C13H15BN2O2/c1-7-5-15-12-9(17)3-10-13(11(7)12)4-8(13)6-16(10)14(2)18/h3,5,8,15,18H,4,6H2,1-2H3. The summed E-state index contributed by atoms with van der Waals surface area (Å²) in [6.45, 7) is 4.69. The molecule has 2 N–H and O–H groups in total. The van der Waals surface area contributed by atoms with Crippen molar-refractivity contribution in [2.45, 2.75) is 25.6 Å². The van der Waals surface area contributed by atoms with Crippen LogP contribution < -0.4 is 0 Å². The summed E-state index contributed by atoms with van der Waals surface area (Å²) in [5.41, 5.74) is 4.15. The fourth-order valence-electron chi connectivity index (χ4n) is 3.94. The summed E-state index contributed by atoms with van der Waals surface area (Å²) in [4.78, 5) is 17.2. The number of carbonyl (C=O) groups is 1. The van der Waals surface area contributed by atoms with Crippen LogP contribution in [0, 0.1) is 12.8 Å². The maximum absolute atomic E-state index is 12.2. The van der Waals surface area contributed by atoms with Gasteiger partial charge in [-0.25, -0.2) is 0 Å². The molecule has 0 amide bonds. The van der Waals surface area contributed by atoms with Crippen molar-refractivity contribution in [3.8, 4) is 0 Å². The molecule has 4 rings (SSSR count). The summed E-state index contributed by atoms with van der Waals surface area (Å²) < 4.78 is 0. The van der Waals surface area contributed by atoms with Gasteiger partial charge < -0.3 is 14.8 Å². The number of carbonyl (C=O) groups excluding carboxylic acids is 1. The molecule has 1 aromatic rings. The summed E-state index contributed by atoms with van der Waals surface area (Å²) >= 11 is 0. The summed E-state index contributed by atoms with van der Waals surface area (Å²) in [7, 11) is -0.519. The fraction of sp³-hybridized carbons (Fsp3) is 0.462. The second kappa shape index (κ2) is 2.91. The topological polar surface area (TPSA) is 56.3 Å². The first kappa shape index (κ1) is 10.4. The Kier molecular flexibility index (Phi) is 1.69. The predicted octanol–water partition coefficient (Wildman–Crippen LogP) is 1.09. The molecule has 4 nitrogen and oxygen atoms in total. The maximum Gasteiger partial charge on any atom is 0.409 e. The van der Waals surface area contributed by atoms with E-state index in [1.54, 1.807) is 12.9 Å². The van der Waals surface area contributed by atoms with Gasteiger partial charge in [0.15, 0.2) is 0 Å². The summed E-state index contributed by atoms with van der Waals surface area (Å²) in [5, 5.41) is 9.85. The predicted molar refractivity (Wildman–Crippen MR) is 68.3 cm³/mol. The molecule has 2 aliphatic carbocycles. The molecule has 18 heavy (non-hydrogen) atoms. The Balaban J connectivity index is 1.94. The van der Waals surface area contributed by atoms with Gasteiger partial charge in [-0.1, -0.05) is 0 Å². The summed E-state index contributed by atoms with van der Waals surface area (Å²) in [6.07, 6.45) is 4.76. The molecule has 92 valence electrons. The number of allylic oxidation sites excluding steroid dienone is 2. The van der Waals surface area contributed by atoms with E-state index in [1.807, 2.05) is 11.0 Å². The number of piperidine rings is 1. The number of aromatic amines is 1. The van der Waals surface area contributed by atoms with Crippen molar-refractivity contribution < 1.29 is 9.82 Å². The zero-order chi connectivity index (χ0) is 12.7. The van der Waals surface area contributed by atoms with Crippen molar-refractivity contribution in [2.75, 3.05) is 6.54 Å². The largest absolute Gasteiger partial charge is 0.432 e. The quantitative estimate of drug-likeness (QED) is 0.724. The highest BCUT2D eigenvalue weighted by molar-refractivity contribution is 6.46. The van der Waals surface area contributed by atoms with Gasteiger partial charge in [0.05, 0.1) is 5.69 Å². The first-order valence-electron chi connectivity index (χ1n) is 6.45. The first-order valence-corrected chi connectivity index (χ1v) is 6.45. The van der Waals surface area contributed by atoms with Gasteiger partial charge in [-0.05, 0) is 37.2 Å². The Bertz CT molecular complexity index is 604. The van der Waals surface area contributed by atoms with Crippen molar-refractivity contribution in [1.82, 2.24) is 9.79 Å². The molecule has 5 heteroatoms. The molecule has 2 heterocycles. The summed E-state index contributed by atoms with van der Waals surface area (Å²) in [5.74, 6) is 0.594. The number of hydrogen-bond donors (Lipinski definition) is 2. The van der Waals surface area contributed by atoms with Gasteiger partial charge in [-0.15, -0.1) is 0 Å². The van der Waals surface area contributed by atoms with E-state index in [-0.39, 0.29) is 11.2 Å². The van der Waals surface area contributed by atoms with Crippen LogP contribution in [0.3, 0.4) is 0 Å². The normalized spacial score (nSPS) is 31.7. The average molecular weight is 242 g/mol. The maximum atomic E-state index is 12.2. The molecule has 2 fully saturated rings. The lowest BCUT2D eigenvalue weighted by atomic mass is 9.79. The third kappa shape index (κ3) is 0.961. The van der Waals surface area contributed by atoms with E-state index >= 15 is 0 Å². The second-order valence-corrected chi connectivity index (χ2v) is 5.77. The van der Waals surface area contributed by atoms with Gasteiger partial charge in [-0.3, -0.25) is 4.79 Å². The SMILES string of the molecule is CB(O)N1CC2CC23C1=CC(=O)c1[nH]cc(C)c13. The molecule has 1 saturated carbocycles. The van der Waals surface area contributed by atoms with E-state index in [1.165, 1.54) is 11.1 Å². The monoisotopic (exact) mass is 242 g/mol. The zero-order valence-electron chi connectivity index (χ0n) is 10.5. The first-order chi connectivity index (χ1) is 8.55. The van der Waals surface area contributed by atoms with Crippen molar-refractivity contribution in [2.24, 2.45) is 5.92 Å². The molecule has 1 aliphatic heterocycles. The van der Waals surface area contributed by atoms with Gasteiger partial charge in [0.1, 0.15) is 0 Å². The van der Waals surface area contributed by atoms with Crippen LogP contribution in [-0.4, -0.2) is 34.2 Å². The van der Waals surface area contributed by atoms with E-state index in [0.29, 0.717) is 5.92 Å². The molecule has 2 unspecified atom stereocenters.